The van der Waals surface area contributed by atoms with Crippen molar-refractivity contribution in [3.05, 3.63) is 73.0 Å². The Kier molecular flexibility index (Phi) is 3.75. The number of aromatic nitrogens is 2. The number of aliphatic imine (C=N–C) groups is 1. The van der Waals surface area contributed by atoms with Gasteiger partial charge in [-0.3, -0.25) is 14.8 Å². The monoisotopic (exact) mass is 329 g/mol. The molecule has 1 aliphatic rings. The average molecular weight is 330 g/mol. The summed E-state index contributed by atoms with van der Waals surface area (Å²) in [5.74, 6) is -0.471. The number of nitrogens with zero attached hydrogens (tertiary/aromatic N) is 2. The van der Waals surface area contributed by atoms with Crippen LogP contribution in [0.5, 0.6) is 5.88 Å². The molecule has 0 saturated carbocycles. The van der Waals surface area contributed by atoms with Gasteiger partial charge in [0.25, 0.3) is 5.56 Å². The van der Waals surface area contributed by atoms with E-state index in [0.29, 0.717) is 16.4 Å². The van der Waals surface area contributed by atoms with Crippen LogP contribution >= 0.6 is 11.6 Å². The first-order valence-electron chi connectivity index (χ1n) is 6.74. The molecule has 0 spiro atoms. The van der Waals surface area contributed by atoms with Crippen LogP contribution in [-0.2, 0) is 0 Å². The summed E-state index contributed by atoms with van der Waals surface area (Å²) < 4.78 is 0.988. The first-order valence-corrected chi connectivity index (χ1v) is 7.12. The molecule has 0 saturated heterocycles. The highest BCUT2D eigenvalue weighted by molar-refractivity contribution is 6.31. The number of aromatic amines is 1. The van der Waals surface area contributed by atoms with E-state index in [-0.39, 0.29) is 5.56 Å². The molecule has 0 bridgehead atoms. The van der Waals surface area contributed by atoms with Gasteiger partial charge in [0.2, 0.25) is 5.88 Å². The van der Waals surface area contributed by atoms with E-state index < -0.39 is 17.1 Å². The Hall–Kier alpha value is -2.86. The Morgan fingerprint density at radius 3 is 2.78 bits per heavy atom. The van der Waals surface area contributed by atoms with Crippen LogP contribution in [0.2, 0.25) is 5.02 Å². The fourth-order valence-electron chi connectivity index (χ4n) is 2.18. The Bertz CT molecular complexity index is 983. The van der Waals surface area contributed by atoms with Gasteiger partial charge in [-0.2, -0.15) is 0 Å². The van der Waals surface area contributed by atoms with Crippen molar-refractivity contribution >= 4 is 23.9 Å². The molecule has 2 N–H and O–H groups in total. The van der Waals surface area contributed by atoms with Gasteiger partial charge in [0.1, 0.15) is 5.56 Å². The second-order valence-electron chi connectivity index (χ2n) is 4.97. The normalized spacial score (nSPS) is 14.8. The first-order chi connectivity index (χ1) is 11.0. The van der Waals surface area contributed by atoms with Crippen LogP contribution in [-0.4, -0.2) is 20.9 Å². The van der Waals surface area contributed by atoms with Crippen LogP contribution in [0.1, 0.15) is 11.1 Å². The fourth-order valence-corrected chi connectivity index (χ4v) is 2.35. The molecule has 7 heteroatoms. The topological polar surface area (TPSA) is 87.4 Å². The summed E-state index contributed by atoms with van der Waals surface area (Å²) in [5, 5.41) is 10.9. The Balaban J connectivity index is 2.25. The van der Waals surface area contributed by atoms with Gasteiger partial charge in [0.15, 0.2) is 0 Å². The highest BCUT2D eigenvalue weighted by Gasteiger charge is 2.15. The molecule has 0 unspecified atom stereocenters. The third-order valence-corrected chi connectivity index (χ3v) is 3.81. The number of rotatable bonds is 2. The van der Waals surface area contributed by atoms with Crippen LogP contribution in [0.4, 0.5) is 0 Å². The van der Waals surface area contributed by atoms with E-state index in [2.05, 4.69) is 9.98 Å². The van der Waals surface area contributed by atoms with Crippen molar-refractivity contribution in [3.63, 3.8) is 0 Å². The molecule has 1 aromatic heterocycles. The van der Waals surface area contributed by atoms with Crippen molar-refractivity contribution in [2.75, 3.05) is 0 Å². The number of hydrogen-bond donors (Lipinski definition) is 2. The molecular weight excluding hydrogens is 318 g/mol. The second-order valence-corrected chi connectivity index (χ2v) is 5.38. The summed E-state index contributed by atoms with van der Waals surface area (Å²) in [6.07, 6.45) is 6.34. The van der Waals surface area contributed by atoms with Crippen molar-refractivity contribution in [2.24, 2.45) is 4.99 Å². The Morgan fingerprint density at radius 1 is 1.35 bits per heavy atom. The zero-order chi connectivity index (χ0) is 16.6. The SMILES string of the molecule is Cc1ccc(-n2c(O)c(/C=C3\C=CC=N3)c(=O)[nH]c2=O)cc1Cl. The third kappa shape index (κ3) is 2.76. The summed E-state index contributed by atoms with van der Waals surface area (Å²) >= 11 is 6.07. The van der Waals surface area contributed by atoms with Gasteiger partial charge < -0.3 is 5.11 Å². The van der Waals surface area contributed by atoms with Gasteiger partial charge in [-0.05, 0) is 42.8 Å². The summed E-state index contributed by atoms with van der Waals surface area (Å²) in [6, 6.07) is 4.89. The van der Waals surface area contributed by atoms with Crippen molar-refractivity contribution in [1.82, 2.24) is 9.55 Å². The summed E-state index contributed by atoms with van der Waals surface area (Å²) in [4.78, 5) is 30.3. The van der Waals surface area contributed by atoms with Gasteiger partial charge in [-0.1, -0.05) is 17.7 Å². The van der Waals surface area contributed by atoms with E-state index in [4.69, 9.17) is 11.6 Å². The largest absolute Gasteiger partial charge is 0.494 e. The van der Waals surface area contributed by atoms with E-state index in [9.17, 15) is 14.7 Å². The lowest BCUT2D eigenvalue weighted by Crippen LogP contribution is -2.30. The van der Waals surface area contributed by atoms with Crippen molar-refractivity contribution in [2.45, 2.75) is 6.92 Å². The van der Waals surface area contributed by atoms with Crippen LogP contribution in [0.15, 0.2) is 50.6 Å². The van der Waals surface area contributed by atoms with E-state index in [1.807, 2.05) is 6.92 Å². The maximum Gasteiger partial charge on any atom is 0.335 e. The second kappa shape index (κ2) is 5.73. The molecule has 6 nitrogen and oxygen atoms in total. The lowest BCUT2D eigenvalue weighted by molar-refractivity contribution is 0.429. The minimum absolute atomic E-state index is 0.0556. The molecule has 23 heavy (non-hydrogen) atoms. The first kappa shape index (κ1) is 15.1. The highest BCUT2D eigenvalue weighted by atomic mass is 35.5. The van der Waals surface area contributed by atoms with Crippen molar-refractivity contribution < 1.29 is 5.11 Å². The minimum Gasteiger partial charge on any atom is -0.494 e. The summed E-state index contributed by atoms with van der Waals surface area (Å²) in [5.41, 5.74) is 0.188. The quantitative estimate of drug-likeness (QED) is 0.885. The molecule has 116 valence electrons. The van der Waals surface area contributed by atoms with Crippen LogP contribution in [0.3, 0.4) is 0 Å². The van der Waals surface area contributed by atoms with E-state index in [1.54, 1.807) is 36.6 Å². The molecule has 3 rings (SSSR count). The molecule has 1 aromatic carbocycles. The zero-order valence-corrected chi connectivity index (χ0v) is 12.8. The van der Waals surface area contributed by atoms with E-state index in [1.165, 1.54) is 6.08 Å². The molecule has 0 radical (unpaired) electrons. The van der Waals surface area contributed by atoms with Crippen molar-refractivity contribution in [3.8, 4) is 11.6 Å². The number of nitrogens with one attached hydrogen (secondary N) is 1. The lowest BCUT2D eigenvalue weighted by atomic mass is 10.2. The molecular formula is C16H12ClN3O3. The maximum absolute atomic E-state index is 12.1. The highest BCUT2D eigenvalue weighted by Crippen LogP contribution is 2.23. The Labute approximate surface area is 135 Å². The molecule has 0 aliphatic carbocycles. The standard InChI is InChI=1S/C16H12ClN3O3/c1-9-4-5-11(8-13(9)17)20-15(22)12(14(21)19-16(20)23)7-10-3-2-6-18-10/h2-8,22H,1H3,(H,19,21,23)/b10-7+. The number of allylic oxidation sites excluding steroid dienone is 2. The third-order valence-electron chi connectivity index (χ3n) is 3.40. The zero-order valence-electron chi connectivity index (χ0n) is 12.1. The summed E-state index contributed by atoms with van der Waals surface area (Å²) in [7, 11) is 0. The maximum atomic E-state index is 12.1. The Morgan fingerprint density at radius 2 is 2.13 bits per heavy atom. The van der Waals surface area contributed by atoms with Gasteiger partial charge in [0.05, 0.1) is 11.4 Å². The molecule has 0 amide bonds. The minimum atomic E-state index is -0.750. The number of benzene rings is 1. The summed E-state index contributed by atoms with van der Waals surface area (Å²) in [6.45, 7) is 1.82. The predicted molar refractivity (Wildman–Crippen MR) is 89.7 cm³/mol. The number of H-pyrrole nitrogens is 1. The number of hydrogen-bond acceptors (Lipinski definition) is 4. The molecule has 0 fully saturated rings. The lowest BCUT2D eigenvalue weighted by Gasteiger charge is -2.11. The average Bonchev–Trinajstić information content (AvgIpc) is 3.00. The van der Waals surface area contributed by atoms with Crippen LogP contribution < -0.4 is 11.2 Å². The number of aryl methyl sites for hydroxylation is 1. The molecule has 2 aromatic rings. The van der Waals surface area contributed by atoms with Crippen LogP contribution in [0.25, 0.3) is 11.8 Å². The predicted octanol–water partition coefficient (Wildman–Crippen LogP) is 2.17. The van der Waals surface area contributed by atoms with Crippen LogP contribution in [0, 0.1) is 6.92 Å². The fraction of sp³-hybridized carbons (Fsp3) is 0.0625. The molecule has 1 aliphatic heterocycles. The number of halogens is 1. The van der Waals surface area contributed by atoms with Crippen molar-refractivity contribution in [1.29, 1.82) is 0 Å². The van der Waals surface area contributed by atoms with Gasteiger partial charge in [0, 0.05) is 11.2 Å². The molecule has 2 heterocycles. The smallest absolute Gasteiger partial charge is 0.335 e. The van der Waals surface area contributed by atoms with Gasteiger partial charge in [-0.15, -0.1) is 0 Å². The van der Waals surface area contributed by atoms with Gasteiger partial charge >= 0.3 is 5.69 Å². The van der Waals surface area contributed by atoms with E-state index >= 15 is 0 Å². The van der Waals surface area contributed by atoms with E-state index in [0.717, 1.165) is 10.1 Å². The van der Waals surface area contributed by atoms with Gasteiger partial charge in [-0.25, -0.2) is 9.36 Å². The number of aromatic hydroxyl groups is 1. The molecule has 0 atom stereocenters.